The van der Waals surface area contributed by atoms with Crippen LogP contribution in [-0.4, -0.2) is 11.2 Å². The standard InChI is InChI=1S/C10H18O/c11-10-7-3-5-8-4-1-2-6-9(8)10/h8-11H,1-7H2/i10+1. The van der Waals surface area contributed by atoms with Crippen LogP contribution in [0.5, 0.6) is 0 Å². The van der Waals surface area contributed by atoms with Gasteiger partial charge in [0, 0.05) is 0 Å². The Hall–Kier alpha value is -0.0400. The summed E-state index contributed by atoms with van der Waals surface area (Å²) in [6.07, 6.45) is 9.24. The smallest absolute Gasteiger partial charge is 0.0571 e. The van der Waals surface area contributed by atoms with Crippen molar-refractivity contribution >= 4 is 0 Å². The molecule has 2 saturated carbocycles. The first-order valence-corrected chi connectivity index (χ1v) is 5.06. The summed E-state index contributed by atoms with van der Waals surface area (Å²) < 4.78 is 0. The van der Waals surface area contributed by atoms with Gasteiger partial charge in [0.05, 0.1) is 6.10 Å². The van der Waals surface area contributed by atoms with E-state index in [1.807, 2.05) is 0 Å². The molecule has 0 spiro atoms. The van der Waals surface area contributed by atoms with Crippen molar-refractivity contribution in [3.63, 3.8) is 0 Å². The molecule has 0 aliphatic heterocycles. The molecule has 64 valence electrons. The van der Waals surface area contributed by atoms with E-state index in [9.17, 15) is 5.11 Å². The molecule has 3 atom stereocenters. The van der Waals surface area contributed by atoms with E-state index in [1.54, 1.807) is 0 Å². The van der Waals surface area contributed by atoms with Gasteiger partial charge in [-0.3, -0.25) is 0 Å². The van der Waals surface area contributed by atoms with Gasteiger partial charge in [-0.1, -0.05) is 25.7 Å². The Kier molecular flexibility index (Phi) is 2.17. The molecule has 2 fully saturated rings. The van der Waals surface area contributed by atoms with Crippen LogP contribution >= 0.6 is 0 Å². The van der Waals surface area contributed by atoms with Gasteiger partial charge in [0.2, 0.25) is 0 Å². The molecule has 1 heteroatoms. The topological polar surface area (TPSA) is 20.2 Å². The second kappa shape index (κ2) is 3.14. The fourth-order valence-corrected chi connectivity index (χ4v) is 2.90. The summed E-state index contributed by atoms with van der Waals surface area (Å²) in [6.45, 7) is 0. The molecule has 0 amide bonds. The van der Waals surface area contributed by atoms with E-state index in [1.165, 1.54) is 38.5 Å². The Labute approximate surface area is 68.8 Å². The van der Waals surface area contributed by atoms with Gasteiger partial charge in [0.1, 0.15) is 0 Å². The highest BCUT2D eigenvalue weighted by Crippen LogP contribution is 2.40. The van der Waals surface area contributed by atoms with E-state index in [4.69, 9.17) is 0 Å². The van der Waals surface area contributed by atoms with Crippen LogP contribution < -0.4 is 0 Å². The molecular weight excluding hydrogens is 137 g/mol. The second-order valence-electron chi connectivity index (χ2n) is 4.21. The largest absolute Gasteiger partial charge is 0.393 e. The van der Waals surface area contributed by atoms with Crippen molar-refractivity contribution in [2.24, 2.45) is 11.8 Å². The fourth-order valence-electron chi connectivity index (χ4n) is 2.90. The Morgan fingerprint density at radius 2 is 1.55 bits per heavy atom. The maximum Gasteiger partial charge on any atom is 0.0571 e. The SMILES string of the molecule is O[13CH]1CCCC2CCCCC21. The zero-order chi connectivity index (χ0) is 7.68. The van der Waals surface area contributed by atoms with Crippen molar-refractivity contribution in [3.05, 3.63) is 0 Å². The molecule has 2 aliphatic carbocycles. The molecule has 1 N–H and O–H groups in total. The Bertz CT molecular complexity index is 131. The summed E-state index contributed by atoms with van der Waals surface area (Å²) in [6, 6.07) is 0. The van der Waals surface area contributed by atoms with Crippen molar-refractivity contribution < 1.29 is 5.11 Å². The monoisotopic (exact) mass is 155 g/mol. The number of aliphatic hydroxyl groups excluding tert-OH is 1. The molecule has 3 unspecified atom stereocenters. The predicted molar refractivity (Wildman–Crippen MR) is 45.3 cm³/mol. The summed E-state index contributed by atoms with van der Waals surface area (Å²) in [4.78, 5) is 0. The van der Waals surface area contributed by atoms with Crippen LogP contribution in [-0.2, 0) is 0 Å². The first-order valence-electron chi connectivity index (χ1n) is 5.06. The molecule has 0 bridgehead atoms. The van der Waals surface area contributed by atoms with Gasteiger partial charge in [-0.15, -0.1) is 0 Å². The van der Waals surface area contributed by atoms with Gasteiger partial charge in [-0.2, -0.15) is 0 Å². The van der Waals surface area contributed by atoms with E-state index in [-0.39, 0.29) is 6.10 Å². The molecule has 0 aromatic rings. The molecule has 0 aromatic carbocycles. The summed E-state index contributed by atoms with van der Waals surface area (Å²) >= 11 is 0. The molecule has 0 saturated heterocycles. The van der Waals surface area contributed by atoms with Crippen LogP contribution in [0.3, 0.4) is 0 Å². The second-order valence-corrected chi connectivity index (χ2v) is 4.21. The van der Waals surface area contributed by atoms with E-state index >= 15 is 0 Å². The quantitative estimate of drug-likeness (QED) is 0.532. The first-order chi connectivity index (χ1) is 5.38. The van der Waals surface area contributed by atoms with Crippen molar-refractivity contribution in [2.45, 2.75) is 51.0 Å². The van der Waals surface area contributed by atoms with Crippen molar-refractivity contribution in [1.82, 2.24) is 0 Å². The lowest BCUT2D eigenvalue weighted by Crippen LogP contribution is -2.34. The highest BCUT2D eigenvalue weighted by Gasteiger charge is 2.33. The Morgan fingerprint density at radius 1 is 0.818 bits per heavy atom. The number of fused-ring (bicyclic) bond motifs is 1. The summed E-state index contributed by atoms with van der Waals surface area (Å²) in [5.74, 6) is 1.56. The minimum absolute atomic E-state index is 0.0500. The minimum Gasteiger partial charge on any atom is -0.393 e. The Morgan fingerprint density at radius 3 is 2.36 bits per heavy atom. The van der Waals surface area contributed by atoms with Gasteiger partial charge in [-0.05, 0) is 31.1 Å². The lowest BCUT2D eigenvalue weighted by atomic mass is 9.76. The molecule has 0 radical (unpaired) electrons. The van der Waals surface area contributed by atoms with E-state index in [2.05, 4.69) is 0 Å². The lowest BCUT2D eigenvalue weighted by Gasteiger charge is -2.38. The van der Waals surface area contributed by atoms with E-state index in [0.29, 0.717) is 5.92 Å². The number of rotatable bonds is 0. The highest BCUT2D eigenvalue weighted by atomic mass is 16.4. The average Bonchev–Trinajstić information content (AvgIpc) is 2.06. The maximum absolute atomic E-state index is 9.70. The van der Waals surface area contributed by atoms with Crippen LogP contribution in [0.15, 0.2) is 0 Å². The average molecular weight is 155 g/mol. The molecular formula is C10H18O. The molecule has 2 aliphatic rings. The van der Waals surface area contributed by atoms with Gasteiger partial charge in [0.15, 0.2) is 0 Å². The minimum atomic E-state index is 0.0500. The van der Waals surface area contributed by atoms with Crippen molar-refractivity contribution in [1.29, 1.82) is 0 Å². The van der Waals surface area contributed by atoms with Crippen LogP contribution in [0.1, 0.15) is 44.9 Å². The summed E-state index contributed by atoms with van der Waals surface area (Å²) in [5, 5.41) is 9.70. The number of hydrogen-bond donors (Lipinski definition) is 1. The number of hydrogen-bond acceptors (Lipinski definition) is 1. The molecule has 0 heterocycles. The van der Waals surface area contributed by atoms with Crippen molar-refractivity contribution in [2.75, 3.05) is 0 Å². The zero-order valence-electron chi connectivity index (χ0n) is 7.13. The summed E-state index contributed by atoms with van der Waals surface area (Å²) in [5.41, 5.74) is 0. The first kappa shape index (κ1) is 7.60. The lowest BCUT2D eigenvalue weighted by molar-refractivity contribution is 0.0105. The van der Waals surface area contributed by atoms with Crippen LogP contribution in [0, 0.1) is 11.8 Å². The number of aliphatic hydroxyl groups is 1. The van der Waals surface area contributed by atoms with Gasteiger partial charge >= 0.3 is 0 Å². The van der Waals surface area contributed by atoms with Crippen LogP contribution in [0.25, 0.3) is 0 Å². The molecule has 11 heavy (non-hydrogen) atoms. The molecule has 1 nitrogen and oxygen atoms in total. The fraction of sp³-hybridized carbons (Fsp3) is 1.00. The third-order valence-corrected chi connectivity index (χ3v) is 3.54. The van der Waals surface area contributed by atoms with E-state index in [0.717, 1.165) is 12.3 Å². The van der Waals surface area contributed by atoms with Gasteiger partial charge in [-0.25, -0.2) is 0 Å². The highest BCUT2D eigenvalue weighted by molar-refractivity contribution is 4.84. The van der Waals surface area contributed by atoms with Crippen molar-refractivity contribution in [3.8, 4) is 0 Å². The Balaban J connectivity index is 1.99. The maximum atomic E-state index is 9.70. The van der Waals surface area contributed by atoms with Crippen LogP contribution in [0.4, 0.5) is 0 Å². The van der Waals surface area contributed by atoms with E-state index < -0.39 is 0 Å². The third-order valence-electron chi connectivity index (χ3n) is 3.54. The van der Waals surface area contributed by atoms with Gasteiger partial charge in [0.25, 0.3) is 0 Å². The predicted octanol–water partition coefficient (Wildman–Crippen LogP) is 2.34. The van der Waals surface area contributed by atoms with Crippen LogP contribution in [0.2, 0.25) is 0 Å². The molecule has 2 rings (SSSR count). The summed E-state index contributed by atoms with van der Waals surface area (Å²) in [7, 11) is 0. The normalized spacial score (nSPS) is 45.0. The van der Waals surface area contributed by atoms with Gasteiger partial charge < -0.3 is 5.11 Å². The third kappa shape index (κ3) is 1.44. The molecule has 0 aromatic heterocycles. The zero-order valence-corrected chi connectivity index (χ0v) is 7.13.